The molecule has 0 unspecified atom stereocenters. The first-order chi connectivity index (χ1) is 21.6. The molecular weight excluding hydrogens is 548 g/mol. The molecule has 4 aromatic carbocycles. The van der Waals surface area contributed by atoms with Crippen molar-refractivity contribution in [1.82, 2.24) is 20.0 Å². The first-order valence-electron chi connectivity index (χ1n) is 15.2. The largest absolute Gasteiger partial charge is 0.341 e. The molecule has 0 spiro atoms. The number of para-hydroxylation sites is 2. The Hall–Kier alpha value is -5.24. The van der Waals surface area contributed by atoms with Gasteiger partial charge in [0.2, 0.25) is 11.8 Å². The van der Waals surface area contributed by atoms with Crippen molar-refractivity contribution in [2.75, 3.05) is 0 Å². The van der Waals surface area contributed by atoms with Crippen LogP contribution in [0.5, 0.6) is 0 Å². The van der Waals surface area contributed by atoms with Crippen molar-refractivity contribution in [3.63, 3.8) is 0 Å². The molecule has 2 N–H and O–H groups in total. The molecular formula is C36H36N6O2. The number of carbonyl (C=O) groups excluding carboxylic acids is 2. The van der Waals surface area contributed by atoms with E-state index < -0.39 is 0 Å². The van der Waals surface area contributed by atoms with Gasteiger partial charge in [0, 0.05) is 69.5 Å². The molecule has 0 fully saturated rings. The second kappa shape index (κ2) is 13.0. The van der Waals surface area contributed by atoms with Gasteiger partial charge in [0.1, 0.15) is 0 Å². The number of aryl methyl sites for hydroxylation is 2. The molecule has 0 bridgehead atoms. The van der Waals surface area contributed by atoms with Crippen LogP contribution in [0, 0.1) is 0 Å². The highest BCUT2D eigenvalue weighted by molar-refractivity contribution is 6.10. The maximum absolute atomic E-state index is 12.3. The number of rotatable bonds is 11. The van der Waals surface area contributed by atoms with E-state index in [-0.39, 0.29) is 11.8 Å². The highest BCUT2D eigenvalue weighted by Gasteiger charge is 2.11. The van der Waals surface area contributed by atoms with E-state index >= 15 is 0 Å². The van der Waals surface area contributed by atoms with E-state index in [1.54, 1.807) is 12.4 Å². The molecule has 222 valence electrons. The standard InChI is InChI=1S/C36H36N6O2/c1-3-41-31-13-7-5-11-27(31)29-21-25(17-19-33(29)41)23-37-39-35(43)15-9-10-16-36(44)40-38-24-26-18-20-34-30(22-26)28-12-6-8-14-32(28)42(34)4-2/h5-8,11-14,17-24H,3-4,9-10,15-16H2,1-2H3,(H,39,43)(H,40,44)/b37-23+,38-24+. The second-order valence-electron chi connectivity index (χ2n) is 10.9. The highest BCUT2D eigenvalue weighted by Crippen LogP contribution is 2.30. The molecule has 8 heteroatoms. The van der Waals surface area contributed by atoms with Crippen LogP contribution in [-0.2, 0) is 22.7 Å². The van der Waals surface area contributed by atoms with Gasteiger partial charge < -0.3 is 9.13 Å². The van der Waals surface area contributed by atoms with Gasteiger partial charge in [-0.25, -0.2) is 10.9 Å². The molecule has 0 aliphatic carbocycles. The van der Waals surface area contributed by atoms with E-state index in [4.69, 9.17) is 0 Å². The maximum atomic E-state index is 12.3. The van der Waals surface area contributed by atoms with E-state index in [9.17, 15) is 9.59 Å². The smallest absolute Gasteiger partial charge is 0.240 e. The van der Waals surface area contributed by atoms with Gasteiger partial charge in [-0.2, -0.15) is 10.2 Å². The third-order valence-corrected chi connectivity index (χ3v) is 8.09. The number of hydrogen-bond acceptors (Lipinski definition) is 4. The first kappa shape index (κ1) is 28.9. The number of unbranched alkanes of at least 4 members (excludes halogenated alkanes) is 1. The molecule has 2 aromatic heterocycles. The number of aromatic nitrogens is 2. The molecule has 6 aromatic rings. The van der Waals surface area contributed by atoms with Crippen molar-refractivity contribution in [2.24, 2.45) is 10.2 Å². The molecule has 0 aliphatic rings. The quantitative estimate of drug-likeness (QED) is 0.0966. The Morgan fingerprint density at radius 3 is 1.43 bits per heavy atom. The Kier molecular flexibility index (Phi) is 8.50. The summed E-state index contributed by atoms with van der Waals surface area (Å²) in [5, 5.41) is 13.0. The lowest BCUT2D eigenvalue weighted by Crippen LogP contribution is -2.19. The van der Waals surface area contributed by atoms with Gasteiger partial charge in [0.15, 0.2) is 0 Å². The molecule has 2 heterocycles. The molecule has 2 amide bonds. The molecule has 8 nitrogen and oxygen atoms in total. The summed E-state index contributed by atoms with van der Waals surface area (Å²) in [6.45, 7) is 6.08. The average molecular weight is 585 g/mol. The molecule has 0 saturated carbocycles. The molecule has 0 aliphatic heterocycles. The van der Waals surface area contributed by atoms with Crippen LogP contribution in [0.4, 0.5) is 0 Å². The zero-order valence-electron chi connectivity index (χ0n) is 25.1. The number of hydrogen-bond donors (Lipinski definition) is 2. The summed E-state index contributed by atoms with van der Waals surface area (Å²) in [4.78, 5) is 24.6. The zero-order chi connectivity index (χ0) is 30.5. The van der Waals surface area contributed by atoms with Crippen molar-refractivity contribution in [3.05, 3.63) is 96.1 Å². The van der Waals surface area contributed by atoms with E-state index in [0.29, 0.717) is 25.7 Å². The van der Waals surface area contributed by atoms with Crippen LogP contribution >= 0.6 is 0 Å². The van der Waals surface area contributed by atoms with E-state index in [2.05, 4.69) is 105 Å². The fourth-order valence-corrected chi connectivity index (χ4v) is 6.03. The van der Waals surface area contributed by atoms with Crippen molar-refractivity contribution >= 4 is 67.9 Å². The van der Waals surface area contributed by atoms with Gasteiger partial charge in [0.25, 0.3) is 0 Å². The van der Waals surface area contributed by atoms with Crippen LogP contribution in [0.25, 0.3) is 43.6 Å². The summed E-state index contributed by atoms with van der Waals surface area (Å²) in [6, 6.07) is 29.2. The predicted octanol–water partition coefficient (Wildman–Crippen LogP) is 7.10. The summed E-state index contributed by atoms with van der Waals surface area (Å²) >= 11 is 0. The van der Waals surface area contributed by atoms with E-state index in [0.717, 1.165) is 24.2 Å². The van der Waals surface area contributed by atoms with Crippen LogP contribution < -0.4 is 10.9 Å². The minimum absolute atomic E-state index is 0.178. The number of carbonyl (C=O) groups is 2. The summed E-state index contributed by atoms with van der Waals surface area (Å²) in [7, 11) is 0. The predicted molar refractivity (Wildman–Crippen MR) is 180 cm³/mol. The van der Waals surface area contributed by atoms with Crippen LogP contribution in [0.3, 0.4) is 0 Å². The number of fused-ring (bicyclic) bond motifs is 6. The van der Waals surface area contributed by atoms with Crippen LogP contribution in [0.15, 0.2) is 95.1 Å². The number of hydrazone groups is 2. The van der Waals surface area contributed by atoms with Crippen molar-refractivity contribution in [2.45, 2.75) is 52.6 Å². The zero-order valence-corrected chi connectivity index (χ0v) is 25.1. The number of amides is 2. The van der Waals surface area contributed by atoms with Crippen molar-refractivity contribution in [3.8, 4) is 0 Å². The monoisotopic (exact) mass is 584 g/mol. The third kappa shape index (κ3) is 5.83. The average Bonchev–Trinajstić information content (AvgIpc) is 3.54. The van der Waals surface area contributed by atoms with E-state index in [1.165, 1.54) is 43.6 Å². The van der Waals surface area contributed by atoms with Gasteiger partial charge in [0.05, 0.1) is 12.4 Å². The van der Waals surface area contributed by atoms with Gasteiger partial charge in [-0.3, -0.25) is 9.59 Å². The Morgan fingerprint density at radius 2 is 1.00 bits per heavy atom. The summed E-state index contributed by atoms with van der Waals surface area (Å²) in [5.74, 6) is -0.355. The van der Waals surface area contributed by atoms with Crippen LogP contribution in [-0.4, -0.2) is 33.4 Å². The maximum Gasteiger partial charge on any atom is 0.240 e. The Morgan fingerprint density at radius 1 is 0.591 bits per heavy atom. The van der Waals surface area contributed by atoms with Gasteiger partial charge in [-0.1, -0.05) is 48.5 Å². The summed E-state index contributed by atoms with van der Waals surface area (Å²) in [6.07, 6.45) is 5.09. The molecule has 0 saturated heterocycles. The highest BCUT2D eigenvalue weighted by atomic mass is 16.2. The van der Waals surface area contributed by atoms with Crippen molar-refractivity contribution in [1.29, 1.82) is 0 Å². The molecule has 6 rings (SSSR count). The number of nitrogens with one attached hydrogen (secondary N) is 2. The second-order valence-corrected chi connectivity index (χ2v) is 10.9. The minimum Gasteiger partial charge on any atom is -0.341 e. The van der Waals surface area contributed by atoms with Gasteiger partial charge in [-0.15, -0.1) is 0 Å². The molecule has 44 heavy (non-hydrogen) atoms. The van der Waals surface area contributed by atoms with E-state index in [1.807, 2.05) is 24.3 Å². The lowest BCUT2D eigenvalue weighted by molar-refractivity contribution is -0.123. The topological polar surface area (TPSA) is 92.8 Å². The normalized spacial score (nSPS) is 12.0. The Labute approximate surface area is 256 Å². The Balaban J connectivity index is 0.953. The molecule has 0 radical (unpaired) electrons. The van der Waals surface area contributed by atoms with Gasteiger partial charge in [-0.05, 0) is 74.2 Å². The SMILES string of the molecule is CCn1c2ccccc2c2cc(/C=N/NC(=O)CCCCC(=O)N/N=C/c3ccc4c(c3)c3ccccc3n4CC)ccc21. The lowest BCUT2D eigenvalue weighted by Gasteiger charge is -2.03. The Bertz CT molecular complexity index is 1900. The third-order valence-electron chi connectivity index (χ3n) is 8.09. The number of nitrogens with zero attached hydrogens (tertiary/aromatic N) is 4. The fourth-order valence-electron chi connectivity index (χ4n) is 6.03. The fraction of sp³-hybridized carbons (Fsp3) is 0.222. The molecule has 0 atom stereocenters. The lowest BCUT2D eigenvalue weighted by atomic mass is 10.1. The van der Waals surface area contributed by atoms with Crippen molar-refractivity contribution < 1.29 is 9.59 Å². The first-order valence-corrected chi connectivity index (χ1v) is 15.2. The summed E-state index contributed by atoms with van der Waals surface area (Å²) in [5.41, 5.74) is 11.8. The van der Waals surface area contributed by atoms with Gasteiger partial charge >= 0.3 is 0 Å². The minimum atomic E-state index is -0.178. The van der Waals surface area contributed by atoms with Crippen LogP contribution in [0.2, 0.25) is 0 Å². The number of benzene rings is 4. The van der Waals surface area contributed by atoms with Crippen LogP contribution in [0.1, 0.15) is 50.7 Å². The summed E-state index contributed by atoms with van der Waals surface area (Å²) < 4.78 is 4.60.